The fourth-order valence-corrected chi connectivity index (χ4v) is 3.88. The zero-order valence-electron chi connectivity index (χ0n) is 17.5. The zero-order chi connectivity index (χ0) is 20.9. The summed E-state index contributed by atoms with van der Waals surface area (Å²) in [6.07, 6.45) is 6.28. The van der Waals surface area contributed by atoms with E-state index in [-0.39, 0.29) is 12.0 Å². The van der Waals surface area contributed by atoms with E-state index in [1.807, 2.05) is 31.2 Å². The van der Waals surface area contributed by atoms with Crippen molar-refractivity contribution in [2.45, 2.75) is 45.4 Å². The molecule has 2 aromatic heterocycles. The predicted molar refractivity (Wildman–Crippen MR) is 113 cm³/mol. The molecular weight excluding hydrogens is 380 g/mol. The maximum atomic E-state index is 12.5. The van der Waals surface area contributed by atoms with Gasteiger partial charge >= 0.3 is 0 Å². The molecule has 0 aliphatic heterocycles. The average molecular weight is 409 g/mol. The maximum Gasteiger partial charge on any atom is 0.272 e. The van der Waals surface area contributed by atoms with Crippen LogP contribution in [0.15, 0.2) is 47.3 Å². The van der Waals surface area contributed by atoms with Crippen LogP contribution in [0.2, 0.25) is 0 Å². The molecule has 0 saturated carbocycles. The van der Waals surface area contributed by atoms with E-state index >= 15 is 0 Å². The first kappa shape index (κ1) is 20.2. The van der Waals surface area contributed by atoms with Crippen molar-refractivity contribution in [3.63, 3.8) is 0 Å². The van der Waals surface area contributed by atoms with Gasteiger partial charge in [0.05, 0.1) is 19.1 Å². The van der Waals surface area contributed by atoms with E-state index in [0.717, 1.165) is 54.9 Å². The van der Waals surface area contributed by atoms with Crippen molar-refractivity contribution in [3.05, 3.63) is 70.9 Å². The Hall–Kier alpha value is -3.06. The number of nitrogens with one attached hydrogen (secondary N) is 2. The van der Waals surface area contributed by atoms with Gasteiger partial charge in [-0.1, -0.05) is 12.1 Å². The van der Waals surface area contributed by atoms with Crippen LogP contribution in [-0.4, -0.2) is 40.7 Å². The summed E-state index contributed by atoms with van der Waals surface area (Å²) in [6, 6.07) is 10.0. The van der Waals surface area contributed by atoms with Gasteiger partial charge in [-0.05, 0) is 57.0 Å². The number of hydrogen-bond acceptors (Lipinski definition) is 5. The predicted octanol–water partition coefficient (Wildman–Crippen LogP) is 3.32. The molecule has 1 aliphatic carbocycles. The van der Waals surface area contributed by atoms with Gasteiger partial charge in [-0.15, -0.1) is 0 Å². The summed E-state index contributed by atoms with van der Waals surface area (Å²) in [5, 5.41) is 10.1. The van der Waals surface area contributed by atoms with Gasteiger partial charge in [0.15, 0.2) is 5.69 Å². The number of H-pyrrole nitrogens is 1. The van der Waals surface area contributed by atoms with Crippen LogP contribution in [0.5, 0.6) is 5.75 Å². The minimum absolute atomic E-state index is 0.139. The van der Waals surface area contributed by atoms with E-state index < -0.39 is 0 Å². The Morgan fingerprint density at radius 3 is 3.00 bits per heavy atom. The molecule has 7 nitrogen and oxygen atoms in total. The van der Waals surface area contributed by atoms with Gasteiger partial charge in [-0.25, -0.2) is 0 Å². The van der Waals surface area contributed by atoms with Gasteiger partial charge < -0.3 is 14.5 Å². The van der Waals surface area contributed by atoms with E-state index in [2.05, 4.69) is 33.5 Å². The van der Waals surface area contributed by atoms with E-state index in [4.69, 9.17) is 9.15 Å². The number of nitrogens with zero attached hydrogens (tertiary/aromatic N) is 2. The second-order valence-electron chi connectivity index (χ2n) is 7.97. The Morgan fingerprint density at radius 2 is 2.17 bits per heavy atom. The fraction of sp³-hybridized carbons (Fsp3) is 0.391. The molecule has 7 heteroatoms. The van der Waals surface area contributed by atoms with Crippen molar-refractivity contribution in [1.82, 2.24) is 20.4 Å². The molecule has 2 N–H and O–H groups in total. The number of carbonyl (C=O) groups is 1. The molecule has 0 fully saturated rings. The first-order valence-corrected chi connectivity index (χ1v) is 10.4. The van der Waals surface area contributed by atoms with E-state index in [0.29, 0.717) is 12.2 Å². The van der Waals surface area contributed by atoms with Gasteiger partial charge in [-0.2, -0.15) is 5.10 Å². The number of aromatic nitrogens is 2. The van der Waals surface area contributed by atoms with Gasteiger partial charge in [0, 0.05) is 29.9 Å². The van der Waals surface area contributed by atoms with E-state index in [1.54, 1.807) is 12.5 Å². The lowest BCUT2D eigenvalue weighted by Gasteiger charge is -2.18. The smallest absolute Gasteiger partial charge is 0.272 e. The van der Waals surface area contributed by atoms with Crippen molar-refractivity contribution in [2.75, 3.05) is 13.6 Å². The highest BCUT2D eigenvalue weighted by molar-refractivity contribution is 5.94. The summed E-state index contributed by atoms with van der Waals surface area (Å²) in [5.41, 5.74) is 5.00. The standard InChI is InChI=1S/C23H28N4O3/c1-16(12-24-23(28)22-20-7-4-8-21(20)25-26-22)30-19-6-3-5-17(11-19)13-27(2)14-18-9-10-29-15-18/h3,5-6,9-11,15-16H,4,7-8,12-14H2,1-2H3,(H,24,28)(H,25,26). The summed E-state index contributed by atoms with van der Waals surface area (Å²) in [7, 11) is 2.07. The van der Waals surface area contributed by atoms with Gasteiger partial charge in [0.1, 0.15) is 11.9 Å². The number of aryl methyl sites for hydroxylation is 1. The molecule has 1 atom stereocenters. The number of furan rings is 1. The molecule has 1 aromatic carbocycles. The minimum atomic E-state index is -0.153. The number of carbonyl (C=O) groups excluding carboxylic acids is 1. The first-order valence-electron chi connectivity index (χ1n) is 10.4. The summed E-state index contributed by atoms with van der Waals surface area (Å²) < 4.78 is 11.2. The maximum absolute atomic E-state index is 12.5. The lowest BCUT2D eigenvalue weighted by molar-refractivity contribution is 0.0926. The highest BCUT2D eigenvalue weighted by Crippen LogP contribution is 2.22. The van der Waals surface area contributed by atoms with Gasteiger partial charge in [0.2, 0.25) is 0 Å². The second kappa shape index (κ2) is 9.17. The molecule has 0 radical (unpaired) electrons. The molecule has 0 bridgehead atoms. The van der Waals surface area contributed by atoms with Crippen LogP contribution in [0, 0.1) is 0 Å². The number of benzene rings is 1. The molecule has 158 valence electrons. The number of ether oxygens (including phenoxy) is 1. The lowest BCUT2D eigenvalue weighted by atomic mass is 10.2. The quantitative estimate of drug-likeness (QED) is 0.568. The minimum Gasteiger partial charge on any atom is -0.489 e. The Balaban J connectivity index is 1.27. The number of aromatic amines is 1. The first-order chi connectivity index (χ1) is 14.6. The summed E-state index contributed by atoms with van der Waals surface area (Å²) >= 11 is 0. The largest absolute Gasteiger partial charge is 0.489 e. The van der Waals surface area contributed by atoms with Crippen molar-refractivity contribution in [1.29, 1.82) is 0 Å². The molecule has 1 amide bonds. The normalized spacial score (nSPS) is 14.0. The Kier molecular flexibility index (Phi) is 6.18. The molecule has 1 aliphatic rings. The van der Waals surface area contributed by atoms with Crippen LogP contribution in [0.4, 0.5) is 0 Å². The molecule has 1 unspecified atom stereocenters. The Bertz CT molecular complexity index is 980. The highest BCUT2D eigenvalue weighted by Gasteiger charge is 2.23. The third-order valence-corrected chi connectivity index (χ3v) is 5.29. The molecule has 0 spiro atoms. The number of rotatable bonds is 9. The highest BCUT2D eigenvalue weighted by atomic mass is 16.5. The van der Waals surface area contributed by atoms with E-state index in [1.165, 1.54) is 5.56 Å². The topological polar surface area (TPSA) is 83.4 Å². The third-order valence-electron chi connectivity index (χ3n) is 5.29. The second-order valence-corrected chi connectivity index (χ2v) is 7.97. The van der Waals surface area contributed by atoms with Crippen molar-refractivity contribution in [3.8, 4) is 5.75 Å². The van der Waals surface area contributed by atoms with Crippen LogP contribution in [0.3, 0.4) is 0 Å². The SMILES string of the molecule is CC(CNC(=O)c1n[nH]c2c1CCC2)Oc1cccc(CN(C)Cc2ccoc2)c1. The Labute approximate surface area is 176 Å². The third kappa shape index (κ3) is 4.91. The molecular formula is C23H28N4O3. The number of fused-ring (bicyclic) bond motifs is 1. The summed E-state index contributed by atoms with van der Waals surface area (Å²) in [6.45, 7) is 4.00. The summed E-state index contributed by atoms with van der Waals surface area (Å²) in [5.74, 6) is 0.658. The van der Waals surface area contributed by atoms with Crippen LogP contribution in [0.25, 0.3) is 0 Å². The molecule has 0 saturated heterocycles. The Morgan fingerprint density at radius 1 is 1.30 bits per heavy atom. The van der Waals surface area contributed by atoms with Crippen LogP contribution in [0.1, 0.15) is 46.2 Å². The number of hydrogen-bond donors (Lipinski definition) is 2. The lowest BCUT2D eigenvalue weighted by Crippen LogP contribution is -2.34. The van der Waals surface area contributed by atoms with Gasteiger partial charge in [-0.3, -0.25) is 14.8 Å². The van der Waals surface area contributed by atoms with E-state index in [9.17, 15) is 4.79 Å². The van der Waals surface area contributed by atoms with Crippen molar-refractivity contribution >= 4 is 5.91 Å². The molecule has 30 heavy (non-hydrogen) atoms. The van der Waals surface area contributed by atoms with Gasteiger partial charge in [0.25, 0.3) is 5.91 Å². The monoisotopic (exact) mass is 408 g/mol. The molecule has 4 rings (SSSR count). The molecule has 2 heterocycles. The van der Waals surface area contributed by atoms with Crippen molar-refractivity contribution < 1.29 is 13.9 Å². The molecule has 3 aromatic rings. The van der Waals surface area contributed by atoms with Crippen LogP contribution >= 0.6 is 0 Å². The average Bonchev–Trinajstić information content (AvgIpc) is 3.44. The summed E-state index contributed by atoms with van der Waals surface area (Å²) in [4.78, 5) is 14.7. The fourth-order valence-electron chi connectivity index (χ4n) is 3.88. The van der Waals surface area contributed by atoms with Crippen LogP contribution < -0.4 is 10.1 Å². The van der Waals surface area contributed by atoms with Crippen LogP contribution in [-0.2, 0) is 25.9 Å². The van der Waals surface area contributed by atoms with Crippen molar-refractivity contribution in [2.24, 2.45) is 0 Å². The number of amides is 1. The zero-order valence-corrected chi connectivity index (χ0v) is 17.5.